The van der Waals surface area contributed by atoms with Gasteiger partial charge in [-0.2, -0.15) is 8.78 Å². The Bertz CT molecular complexity index is 799. The molecule has 2 N–H and O–H groups in total. The van der Waals surface area contributed by atoms with E-state index in [0.29, 0.717) is 27.9 Å². The molecule has 0 aliphatic heterocycles. The maximum absolute atomic E-state index is 12.2. The molecule has 0 saturated carbocycles. The van der Waals surface area contributed by atoms with E-state index < -0.39 is 5.76 Å². The third kappa shape index (κ3) is 3.28. The van der Waals surface area contributed by atoms with Crippen LogP contribution in [-0.2, 0) is 0 Å². The number of carbonyl (C=O) groups is 1. The number of anilines is 1. The van der Waals surface area contributed by atoms with E-state index >= 15 is 0 Å². The lowest BCUT2D eigenvalue weighted by Gasteiger charge is -2.06. The third-order valence-corrected chi connectivity index (χ3v) is 3.88. The Labute approximate surface area is 129 Å². The zero-order valence-electron chi connectivity index (χ0n) is 11.3. The first-order valence-electron chi connectivity index (χ1n) is 6.55. The number of rotatable bonds is 4. The Balaban J connectivity index is 1.73. The summed E-state index contributed by atoms with van der Waals surface area (Å²) in [6.07, 6.45) is 1.83. The molecule has 0 radical (unpaired) electrons. The Kier molecular flexibility index (Phi) is 4.11. The number of thioether (sulfide) groups is 1. The largest absolute Gasteiger partial charge is 0.361 e. The van der Waals surface area contributed by atoms with Crippen molar-refractivity contribution in [1.29, 1.82) is 0 Å². The summed E-state index contributed by atoms with van der Waals surface area (Å²) >= 11 is 0.457. The number of hydrogen-bond acceptors (Lipinski definition) is 2. The summed E-state index contributed by atoms with van der Waals surface area (Å²) in [4.78, 5) is 15.7. The fourth-order valence-electron chi connectivity index (χ4n) is 2.12. The SMILES string of the molecule is O=C(Nc1ccc2[nH]ccc2c1)c1ccc(SC(F)F)cc1. The van der Waals surface area contributed by atoms with Gasteiger partial charge < -0.3 is 10.3 Å². The maximum atomic E-state index is 12.2. The lowest BCUT2D eigenvalue weighted by atomic mass is 10.2. The van der Waals surface area contributed by atoms with Gasteiger partial charge in [0.2, 0.25) is 0 Å². The van der Waals surface area contributed by atoms with Crippen molar-refractivity contribution in [2.75, 3.05) is 5.32 Å². The molecule has 0 aliphatic carbocycles. The van der Waals surface area contributed by atoms with E-state index in [1.165, 1.54) is 24.3 Å². The lowest BCUT2D eigenvalue weighted by molar-refractivity contribution is 0.102. The standard InChI is InChI=1S/C16H12F2N2OS/c17-16(18)22-13-4-1-10(2-5-13)15(21)20-12-3-6-14-11(9-12)7-8-19-14/h1-9,16,19H,(H,20,21). The van der Waals surface area contributed by atoms with Crippen LogP contribution in [0.4, 0.5) is 14.5 Å². The molecule has 0 unspecified atom stereocenters. The van der Waals surface area contributed by atoms with Crippen LogP contribution in [0.5, 0.6) is 0 Å². The molecule has 0 bridgehead atoms. The number of aromatic nitrogens is 1. The van der Waals surface area contributed by atoms with Crippen LogP contribution in [0.2, 0.25) is 0 Å². The quantitative estimate of drug-likeness (QED) is 0.683. The van der Waals surface area contributed by atoms with Gasteiger partial charge in [-0.05, 0) is 48.5 Å². The summed E-state index contributed by atoms with van der Waals surface area (Å²) in [5.41, 5.74) is 2.10. The summed E-state index contributed by atoms with van der Waals surface area (Å²) in [6, 6.07) is 13.6. The molecule has 2 aromatic carbocycles. The van der Waals surface area contributed by atoms with E-state index in [0.717, 1.165) is 10.9 Å². The van der Waals surface area contributed by atoms with Crippen LogP contribution in [0.1, 0.15) is 10.4 Å². The van der Waals surface area contributed by atoms with Gasteiger partial charge in [-0.25, -0.2) is 0 Å². The molecule has 1 heterocycles. The average molecular weight is 318 g/mol. The molecule has 1 aromatic heterocycles. The molecule has 3 rings (SSSR count). The third-order valence-electron chi connectivity index (χ3n) is 3.15. The van der Waals surface area contributed by atoms with Crippen molar-refractivity contribution in [2.24, 2.45) is 0 Å². The smallest absolute Gasteiger partial charge is 0.288 e. The van der Waals surface area contributed by atoms with Gasteiger partial charge in [0.05, 0.1) is 0 Å². The zero-order valence-corrected chi connectivity index (χ0v) is 12.2. The Morgan fingerprint density at radius 2 is 1.86 bits per heavy atom. The van der Waals surface area contributed by atoms with Crippen molar-refractivity contribution in [1.82, 2.24) is 4.98 Å². The molecule has 0 aliphatic rings. The number of alkyl halides is 2. The number of halogens is 2. The predicted octanol–water partition coefficient (Wildman–Crippen LogP) is 4.73. The number of fused-ring (bicyclic) bond motifs is 1. The normalized spacial score (nSPS) is 11.0. The van der Waals surface area contributed by atoms with Crippen molar-refractivity contribution in [2.45, 2.75) is 10.7 Å². The molecule has 112 valence electrons. The van der Waals surface area contributed by atoms with Crippen molar-refractivity contribution in [3.63, 3.8) is 0 Å². The van der Waals surface area contributed by atoms with Gasteiger partial charge >= 0.3 is 0 Å². The fourth-order valence-corrected chi connectivity index (χ4v) is 2.62. The van der Waals surface area contributed by atoms with Crippen LogP contribution in [0.3, 0.4) is 0 Å². The van der Waals surface area contributed by atoms with Gasteiger partial charge in [-0.15, -0.1) is 0 Å². The average Bonchev–Trinajstić information content (AvgIpc) is 2.95. The second-order valence-corrected chi connectivity index (χ2v) is 5.70. The highest BCUT2D eigenvalue weighted by Crippen LogP contribution is 2.25. The first kappa shape index (κ1) is 14.6. The Hall–Kier alpha value is -2.34. The van der Waals surface area contributed by atoms with E-state index in [2.05, 4.69) is 10.3 Å². The van der Waals surface area contributed by atoms with Gasteiger partial charge in [0.15, 0.2) is 0 Å². The highest BCUT2D eigenvalue weighted by atomic mass is 32.2. The van der Waals surface area contributed by atoms with E-state index in [-0.39, 0.29) is 5.91 Å². The molecule has 0 atom stereocenters. The van der Waals surface area contributed by atoms with Crippen molar-refractivity contribution in [3.05, 3.63) is 60.3 Å². The molecule has 0 spiro atoms. The minimum absolute atomic E-state index is 0.275. The molecule has 6 heteroatoms. The Morgan fingerprint density at radius 3 is 2.59 bits per heavy atom. The molecule has 22 heavy (non-hydrogen) atoms. The molecule has 1 amide bonds. The number of carbonyl (C=O) groups excluding carboxylic acids is 1. The van der Waals surface area contributed by atoms with Gasteiger partial charge in [0, 0.05) is 33.2 Å². The number of amides is 1. The summed E-state index contributed by atoms with van der Waals surface area (Å²) < 4.78 is 24.5. The van der Waals surface area contributed by atoms with Gasteiger partial charge in [0.1, 0.15) is 0 Å². The van der Waals surface area contributed by atoms with Crippen LogP contribution in [0.25, 0.3) is 10.9 Å². The summed E-state index contributed by atoms with van der Waals surface area (Å²) in [5, 5.41) is 3.79. The van der Waals surface area contributed by atoms with E-state index in [4.69, 9.17) is 0 Å². The van der Waals surface area contributed by atoms with Gasteiger partial charge in [0.25, 0.3) is 11.7 Å². The van der Waals surface area contributed by atoms with Gasteiger partial charge in [-0.1, -0.05) is 11.8 Å². The molecule has 0 saturated heterocycles. The minimum atomic E-state index is -2.47. The lowest BCUT2D eigenvalue weighted by Crippen LogP contribution is -2.11. The first-order chi connectivity index (χ1) is 10.6. The minimum Gasteiger partial charge on any atom is -0.361 e. The number of H-pyrrole nitrogens is 1. The van der Waals surface area contributed by atoms with Gasteiger partial charge in [-0.3, -0.25) is 4.79 Å². The summed E-state index contributed by atoms with van der Waals surface area (Å²) in [5.74, 6) is -2.74. The predicted molar refractivity (Wildman–Crippen MR) is 84.6 cm³/mol. The monoisotopic (exact) mass is 318 g/mol. The fraction of sp³-hybridized carbons (Fsp3) is 0.0625. The van der Waals surface area contributed by atoms with Crippen molar-refractivity contribution in [3.8, 4) is 0 Å². The second-order valence-electron chi connectivity index (χ2n) is 4.64. The highest BCUT2D eigenvalue weighted by molar-refractivity contribution is 7.99. The van der Waals surface area contributed by atoms with Crippen LogP contribution < -0.4 is 5.32 Å². The van der Waals surface area contributed by atoms with Crippen LogP contribution in [0.15, 0.2) is 59.6 Å². The Morgan fingerprint density at radius 1 is 1.09 bits per heavy atom. The van der Waals surface area contributed by atoms with E-state index in [1.54, 1.807) is 6.07 Å². The van der Waals surface area contributed by atoms with Crippen LogP contribution >= 0.6 is 11.8 Å². The van der Waals surface area contributed by atoms with Crippen LogP contribution in [-0.4, -0.2) is 16.6 Å². The summed E-state index contributed by atoms with van der Waals surface area (Å²) in [6.45, 7) is 0. The number of hydrogen-bond donors (Lipinski definition) is 2. The molecular weight excluding hydrogens is 306 g/mol. The molecule has 3 nitrogen and oxygen atoms in total. The first-order valence-corrected chi connectivity index (χ1v) is 7.43. The maximum Gasteiger partial charge on any atom is 0.288 e. The number of aromatic amines is 1. The van der Waals surface area contributed by atoms with Crippen molar-refractivity contribution < 1.29 is 13.6 Å². The van der Waals surface area contributed by atoms with E-state index in [1.807, 2.05) is 24.4 Å². The highest BCUT2D eigenvalue weighted by Gasteiger charge is 2.09. The number of nitrogens with one attached hydrogen (secondary N) is 2. The summed E-state index contributed by atoms with van der Waals surface area (Å²) in [7, 11) is 0. The second kappa shape index (κ2) is 6.19. The van der Waals surface area contributed by atoms with Crippen molar-refractivity contribution >= 4 is 34.3 Å². The topological polar surface area (TPSA) is 44.9 Å². The molecule has 3 aromatic rings. The molecular formula is C16H12F2N2OS. The zero-order chi connectivity index (χ0) is 15.5. The van der Waals surface area contributed by atoms with E-state index in [9.17, 15) is 13.6 Å². The van der Waals surface area contributed by atoms with Crippen LogP contribution in [0, 0.1) is 0 Å². The molecule has 0 fully saturated rings. The number of benzene rings is 2.